The molecule has 1 amide bonds. The van der Waals surface area contributed by atoms with Crippen molar-refractivity contribution >= 4 is 5.91 Å². The third-order valence-corrected chi connectivity index (χ3v) is 6.01. The number of ether oxygens (including phenoxy) is 1. The van der Waals surface area contributed by atoms with Gasteiger partial charge in [0.25, 0.3) is 0 Å². The van der Waals surface area contributed by atoms with E-state index in [0.29, 0.717) is 19.1 Å². The first-order valence-electron chi connectivity index (χ1n) is 10.1. The second-order valence-electron chi connectivity index (χ2n) is 7.86. The smallest absolute Gasteiger partial charge is 0.229 e. The summed E-state index contributed by atoms with van der Waals surface area (Å²) in [5.41, 5.74) is 3.18. The maximum atomic E-state index is 13.5. The lowest BCUT2D eigenvalue weighted by Crippen LogP contribution is -2.49. The predicted octanol–water partition coefficient (Wildman–Crippen LogP) is 4.10. The Hall–Kier alpha value is -2.20. The van der Waals surface area contributed by atoms with Crippen molar-refractivity contribution in [3.63, 3.8) is 0 Å². The molecular formula is C23H28N2O2. The van der Waals surface area contributed by atoms with Gasteiger partial charge >= 0.3 is 0 Å². The van der Waals surface area contributed by atoms with E-state index >= 15 is 0 Å². The van der Waals surface area contributed by atoms with E-state index in [-0.39, 0.29) is 5.41 Å². The number of hydrogen-bond acceptors (Lipinski definition) is 3. The molecule has 1 aromatic carbocycles. The van der Waals surface area contributed by atoms with E-state index < -0.39 is 0 Å². The number of carbonyl (C=O) groups is 1. The predicted molar refractivity (Wildman–Crippen MR) is 106 cm³/mol. The van der Waals surface area contributed by atoms with Crippen LogP contribution in [-0.4, -0.2) is 42.1 Å². The molecule has 0 unspecified atom stereocenters. The number of amides is 1. The van der Waals surface area contributed by atoms with E-state index in [9.17, 15) is 4.79 Å². The Morgan fingerprint density at radius 2 is 1.81 bits per heavy atom. The summed E-state index contributed by atoms with van der Waals surface area (Å²) in [6.07, 6.45) is 9.62. The van der Waals surface area contributed by atoms with Crippen LogP contribution in [0.2, 0.25) is 0 Å². The first kappa shape index (κ1) is 18.2. The van der Waals surface area contributed by atoms with Gasteiger partial charge in [-0.1, -0.05) is 30.3 Å². The van der Waals surface area contributed by atoms with Gasteiger partial charge in [-0.25, -0.2) is 0 Å². The quantitative estimate of drug-likeness (QED) is 0.820. The summed E-state index contributed by atoms with van der Waals surface area (Å²) in [7, 11) is 0. The molecular weight excluding hydrogens is 336 g/mol. The van der Waals surface area contributed by atoms with Gasteiger partial charge in [-0.15, -0.1) is 0 Å². The number of carbonyl (C=O) groups excluding carboxylic acids is 1. The van der Waals surface area contributed by atoms with Crippen molar-refractivity contribution in [1.29, 1.82) is 0 Å². The van der Waals surface area contributed by atoms with E-state index in [2.05, 4.69) is 40.2 Å². The minimum Gasteiger partial charge on any atom is -0.381 e. The highest BCUT2D eigenvalue weighted by molar-refractivity contribution is 5.83. The summed E-state index contributed by atoms with van der Waals surface area (Å²) in [5, 5.41) is 0. The Labute approximate surface area is 161 Å². The SMILES string of the molecule is O=C(N1CCCCC1)C1(Cc2cccc(-c3cccnc3)c2)CCOCC1. The third-order valence-electron chi connectivity index (χ3n) is 6.01. The molecule has 1 aromatic heterocycles. The normalized spacial score (nSPS) is 19.6. The first-order valence-corrected chi connectivity index (χ1v) is 10.1. The third kappa shape index (κ3) is 4.06. The minimum atomic E-state index is -0.316. The van der Waals surface area contributed by atoms with E-state index in [1.165, 1.54) is 12.0 Å². The molecule has 0 N–H and O–H groups in total. The molecule has 0 saturated carbocycles. The fraction of sp³-hybridized carbons (Fsp3) is 0.478. The molecule has 2 aromatic rings. The van der Waals surface area contributed by atoms with Crippen LogP contribution in [0, 0.1) is 5.41 Å². The molecule has 142 valence electrons. The van der Waals surface area contributed by atoms with Crippen molar-refractivity contribution in [2.45, 2.75) is 38.5 Å². The molecule has 0 bridgehead atoms. The van der Waals surface area contributed by atoms with Crippen LogP contribution < -0.4 is 0 Å². The Morgan fingerprint density at radius 1 is 1.04 bits per heavy atom. The Bertz CT molecular complexity index is 763. The second kappa shape index (κ2) is 8.22. The van der Waals surface area contributed by atoms with E-state index in [1.54, 1.807) is 6.20 Å². The number of rotatable bonds is 4. The molecule has 27 heavy (non-hydrogen) atoms. The lowest BCUT2D eigenvalue weighted by Gasteiger charge is -2.41. The van der Waals surface area contributed by atoms with Crippen molar-refractivity contribution in [2.24, 2.45) is 5.41 Å². The zero-order chi connectivity index (χ0) is 18.5. The number of nitrogens with zero attached hydrogens (tertiary/aromatic N) is 2. The number of pyridine rings is 1. The summed E-state index contributed by atoms with van der Waals surface area (Å²) in [6.45, 7) is 3.19. The first-order chi connectivity index (χ1) is 13.3. The van der Waals surface area contributed by atoms with Crippen LogP contribution in [0.5, 0.6) is 0 Å². The van der Waals surface area contributed by atoms with Gasteiger partial charge in [0.05, 0.1) is 5.41 Å². The van der Waals surface area contributed by atoms with Crippen molar-refractivity contribution < 1.29 is 9.53 Å². The van der Waals surface area contributed by atoms with Crippen LogP contribution >= 0.6 is 0 Å². The average Bonchev–Trinajstić information content (AvgIpc) is 2.75. The van der Waals surface area contributed by atoms with Crippen molar-refractivity contribution in [2.75, 3.05) is 26.3 Å². The number of benzene rings is 1. The van der Waals surface area contributed by atoms with Gasteiger partial charge in [0.1, 0.15) is 0 Å². The molecule has 0 radical (unpaired) electrons. The van der Waals surface area contributed by atoms with Crippen molar-refractivity contribution in [1.82, 2.24) is 9.88 Å². The van der Waals surface area contributed by atoms with Crippen molar-refractivity contribution in [3.05, 3.63) is 54.4 Å². The highest BCUT2D eigenvalue weighted by atomic mass is 16.5. The molecule has 4 heteroatoms. The molecule has 0 spiro atoms. The average molecular weight is 364 g/mol. The molecule has 0 atom stereocenters. The minimum absolute atomic E-state index is 0.316. The van der Waals surface area contributed by atoms with Gasteiger partial charge in [0.2, 0.25) is 5.91 Å². The van der Waals surface area contributed by atoms with Gasteiger partial charge in [0, 0.05) is 38.7 Å². The van der Waals surface area contributed by atoms with Gasteiger partial charge in [-0.05, 0) is 61.3 Å². The molecule has 2 saturated heterocycles. The lowest BCUT2D eigenvalue weighted by atomic mass is 9.73. The van der Waals surface area contributed by atoms with E-state index in [4.69, 9.17) is 4.74 Å². The molecule has 3 heterocycles. The Balaban J connectivity index is 1.59. The number of hydrogen-bond donors (Lipinski definition) is 0. The number of aromatic nitrogens is 1. The van der Waals surface area contributed by atoms with Crippen LogP contribution in [-0.2, 0) is 16.0 Å². The maximum absolute atomic E-state index is 13.5. The van der Waals surface area contributed by atoms with Crippen molar-refractivity contribution in [3.8, 4) is 11.1 Å². The molecule has 0 aliphatic carbocycles. The topological polar surface area (TPSA) is 42.4 Å². The van der Waals surface area contributed by atoms with Gasteiger partial charge < -0.3 is 9.64 Å². The zero-order valence-electron chi connectivity index (χ0n) is 15.9. The van der Waals surface area contributed by atoms with Gasteiger partial charge in [-0.2, -0.15) is 0 Å². The van der Waals surface area contributed by atoms with Gasteiger partial charge in [-0.3, -0.25) is 9.78 Å². The zero-order valence-corrected chi connectivity index (χ0v) is 15.9. The van der Waals surface area contributed by atoms with Crippen LogP contribution in [0.4, 0.5) is 0 Å². The second-order valence-corrected chi connectivity index (χ2v) is 7.86. The Morgan fingerprint density at radius 3 is 2.56 bits per heavy atom. The number of likely N-dealkylation sites (tertiary alicyclic amines) is 1. The standard InChI is InChI=1S/C23H28N2O2/c26-22(25-12-2-1-3-13-25)23(9-14-27-15-10-23)17-19-6-4-7-20(16-19)21-8-5-11-24-18-21/h4-8,11,16,18H,1-3,9-10,12-15,17H2. The number of piperidine rings is 1. The van der Waals surface area contributed by atoms with Crippen LogP contribution in [0.25, 0.3) is 11.1 Å². The molecule has 4 rings (SSSR count). The fourth-order valence-corrected chi connectivity index (χ4v) is 4.45. The molecule has 4 nitrogen and oxygen atoms in total. The molecule has 2 aliphatic heterocycles. The highest BCUT2D eigenvalue weighted by Crippen LogP contribution is 2.38. The summed E-state index contributed by atoms with van der Waals surface area (Å²) in [4.78, 5) is 19.8. The largest absolute Gasteiger partial charge is 0.381 e. The Kier molecular flexibility index (Phi) is 5.53. The summed E-state index contributed by atoms with van der Waals surface area (Å²) >= 11 is 0. The monoisotopic (exact) mass is 364 g/mol. The molecule has 2 fully saturated rings. The molecule has 2 aliphatic rings. The highest BCUT2D eigenvalue weighted by Gasteiger charge is 2.42. The lowest BCUT2D eigenvalue weighted by molar-refractivity contribution is -0.149. The maximum Gasteiger partial charge on any atom is 0.229 e. The van der Waals surface area contributed by atoms with Crippen LogP contribution in [0.3, 0.4) is 0 Å². The van der Waals surface area contributed by atoms with Gasteiger partial charge in [0.15, 0.2) is 0 Å². The summed E-state index contributed by atoms with van der Waals surface area (Å²) in [5.74, 6) is 0.345. The summed E-state index contributed by atoms with van der Waals surface area (Å²) < 4.78 is 5.61. The summed E-state index contributed by atoms with van der Waals surface area (Å²) in [6, 6.07) is 12.6. The van der Waals surface area contributed by atoms with E-state index in [0.717, 1.165) is 56.3 Å². The van der Waals surface area contributed by atoms with Crippen LogP contribution in [0.15, 0.2) is 48.8 Å². The fourth-order valence-electron chi connectivity index (χ4n) is 4.45. The van der Waals surface area contributed by atoms with Crippen LogP contribution in [0.1, 0.15) is 37.7 Å². The van der Waals surface area contributed by atoms with E-state index in [1.807, 2.05) is 12.3 Å².